The molecule has 3 heteroatoms. The minimum absolute atomic E-state index is 0.129. The minimum atomic E-state index is 0.129. The van der Waals surface area contributed by atoms with Crippen LogP contribution in [0.3, 0.4) is 0 Å². The average molecular weight is 306 g/mol. The fourth-order valence-corrected chi connectivity index (χ4v) is 2.27. The number of ether oxygens (including phenoxy) is 2. The maximum atomic E-state index is 9.74. The van der Waals surface area contributed by atoms with Crippen molar-refractivity contribution in [2.24, 2.45) is 0 Å². The molecule has 0 unspecified atom stereocenters. The molecule has 3 rings (SSSR count). The molecule has 1 N–H and O–H groups in total. The topological polar surface area (TPSA) is 38.7 Å². The Kier molecular flexibility index (Phi) is 4.20. The van der Waals surface area contributed by atoms with E-state index in [1.807, 2.05) is 62.4 Å². The summed E-state index contributed by atoms with van der Waals surface area (Å²) in [6, 6.07) is 20.3. The fraction of sp³-hybridized carbons (Fsp3) is 0.100. The van der Waals surface area contributed by atoms with Gasteiger partial charge in [-0.2, -0.15) is 0 Å². The number of phenols is 1. The number of rotatable bonds is 4. The third kappa shape index (κ3) is 3.83. The fourth-order valence-electron chi connectivity index (χ4n) is 2.27. The van der Waals surface area contributed by atoms with Crippen LogP contribution >= 0.6 is 0 Å². The van der Waals surface area contributed by atoms with Gasteiger partial charge in [0, 0.05) is 6.07 Å². The van der Waals surface area contributed by atoms with Gasteiger partial charge in [0.15, 0.2) is 11.5 Å². The monoisotopic (exact) mass is 306 g/mol. The van der Waals surface area contributed by atoms with Crippen LogP contribution in [0.5, 0.6) is 28.7 Å². The standard InChI is InChI=1S/C20H18O3/c1-14-5-3-7-17(11-14)22-19-10-9-16(21)13-20(19)23-18-8-4-6-15(2)12-18/h3-13,21H,1-2H3. The predicted molar refractivity (Wildman–Crippen MR) is 90.6 cm³/mol. The third-order valence-corrected chi connectivity index (χ3v) is 3.36. The van der Waals surface area contributed by atoms with Crippen molar-refractivity contribution >= 4 is 0 Å². The van der Waals surface area contributed by atoms with Crippen molar-refractivity contribution in [3.8, 4) is 28.7 Å². The molecule has 0 saturated heterocycles. The maximum absolute atomic E-state index is 9.74. The summed E-state index contributed by atoms with van der Waals surface area (Å²) >= 11 is 0. The highest BCUT2D eigenvalue weighted by Crippen LogP contribution is 2.37. The molecule has 0 aliphatic heterocycles. The van der Waals surface area contributed by atoms with Crippen LogP contribution < -0.4 is 9.47 Å². The first-order valence-corrected chi connectivity index (χ1v) is 7.42. The molecule has 3 nitrogen and oxygen atoms in total. The molecule has 0 aliphatic carbocycles. The van der Waals surface area contributed by atoms with Crippen LogP contribution in [-0.2, 0) is 0 Å². The molecule has 0 radical (unpaired) electrons. The Balaban J connectivity index is 1.91. The van der Waals surface area contributed by atoms with Gasteiger partial charge in [-0.25, -0.2) is 0 Å². The van der Waals surface area contributed by atoms with E-state index < -0.39 is 0 Å². The normalized spacial score (nSPS) is 10.3. The molecule has 0 aliphatic rings. The number of hydrogen-bond acceptors (Lipinski definition) is 3. The molecule has 0 heterocycles. The molecular weight excluding hydrogens is 288 g/mol. The Hall–Kier alpha value is -2.94. The van der Waals surface area contributed by atoms with Gasteiger partial charge in [0.1, 0.15) is 17.2 Å². The molecule has 0 spiro atoms. The van der Waals surface area contributed by atoms with Crippen LogP contribution in [0.15, 0.2) is 66.7 Å². The number of phenolic OH excluding ortho intramolecular Hbond substituents is 1. The van der Waals surface area contributed by atoms with Crippen molar-refractivity contribution in [3.63, 3.8) is 0 Å². The Morgan fingerprint density at radius 3 is 1.78 bits per heavy atom. The van der Waals surface area contributed by atoms with Crippen LogP contribution in [0.1, 0.15) is 11.1 Å². The van der Waals surface area contributed by atoms with Crippen molar-refractivity contribution in [2.75, 3.05) is 0 Å². The molecule has 23 heavy (non-hydrogen) atoms. The van der Waals surface area contributed by atoms with Crippen LogP contribution in [0.2, 0.25) is 0 Å². The molecule has 0 amide bonds. The summed E-state index contributed by atoms with van der Waals surface area (Å²) in [4.78, 5) is 0. The van der Waals surface area contributed by atoms with Crippen molar-refractivity contribution in [3.05, 3.63) is 77.9 Å². The van der Waals surface area contributed by atoms with Gasteiger partial charge >= 0.3 is 0 Å². The molecule has 116 valence electrons. The SMILES string of the molecule is Cc1cccc(Oc2ccc(O)cc2Oc2cccc(C)c2)c1. The zero-order valence-corrected chi connectivity index (χ0v) is 13.1. The second kappa shape index (κ2) is 6.44. The summed E-state index contributed by atoms with van der Waals surface area (Å²) in [6.07, 6.45) is 0. The zero-order valence-electron chi connectivity index (χ0n) is 13.1. The Labute approximate surface area is 135 Å². The van der Waals surface area contributed by atoms with Crippen molar-refractivity contribution in [2.45, 2.75) is 13.8 Å². The molecule has 0 fully saturated rings. The summed E-state index contributed by atoms with van der Waals surface area (Å²) in [5.41, 5.74) is 2.21. The number of benzene rings is 3. The van der Waals surface area contributed by atoms with Crippen LogP contribution in [0, 0.1) is 13.8 Å². The van der Waals surface area contributed by atoms with E-state index in [0.29, 0.717) is 17.2 Å². The second-order valence-electron chi connectivity index (χ2n) is 5.47. The molecular formula is C20H18O3. The second-order valence-corrected chi connectivity index (χ2v) is 5.47. The number of aromatic hydroxyl groups is 1. The van der Waals surface area contributed by atoms with Crippen LogP contribution in [-0.4, -0.2) is 5.11 Å². The Bertz CT molecular complexity index is 825. The molecule has 0 atom stereocenters. The zero-order chi connectivity index (χ0) is 16.2. The molecule has 3 aromatic rings. The predicted octanol–water partition coefficient (Wildman–Crippen LogP) is 5.59. The Morgan fingerprint density at radius 1 is 0.652 bits per heavy atom. The maximum Gasteiger partial charge on any atom is 0.173 e. The highest BCUT2D eigenvalue weighted by molar-refractivity contribution is 5.49. The molecule has 0 saturated carbocycles. The first kappa shape index (κ1) is 15.0. The minimum Gasteiger partial charge on any atom is -0.508 e. The van der Waals surface area contributed by atoms with E-state index in [1.165, 1.54) is 0 Å². The number of aryl methyl sites for hydroxylation is 2. The summed E-state index contributed by atoms with van der Waals surface area (Å²) in [5, 5.41) is 9.74. The van der Waals surface area contributed by atoms with E-state index in [-0.39, 0.29) is 5.75 Å². The summed E-state index contributed by atoms with van der Waals surface area (Å²) < 4.78 is 11.8. The third-order valence-electron chi connectivity index (χ3n) is 3.36. The summed E-state index contributed by atoms with van der Waals surface area (Å²) in [7, 11) is 0. The summed E-state index contributed by atoms with van der Waals surface area (Å²) in [6.45, 7) is 4.01. The van der Waals surface area contributed by atoms with E-state index >= 15 is 0 Å². The summed E-state index contributed by atoms with van der Waals surface area (Å²) in [5.74, 6) is 2.57. The van der Waals surface area contributed by atoms with Gasteiger partial charge < -0.3 is 14.6 Å². The molecule has 0 aromatic heterocycles. The van der Waals surface area contributed by atoms with Crippen LogP contribution in [0.4, 0.5) is 0 Å². The van der Waals surface area contributed by atoms with Gasteiger partial charge in [-0.05, 0) is 61.4 Å². The van der Waals surface area contributed by atoms with E-state index in [9.17, 15) is 5.11 Å². The quantitative estimate of drug-likeness (QED) is 0.682. The largest absolute Gasteiger partial charge is 0.508 e. The Morgan fingerprint density at radius 2 is 1.22 bits per heavy atom. The molecule has 3 aromatic carbocycles. The van der Waals surface area contributed by atoms with Gasteiger partial charge in [-0.1, -0.05) is 24.3 Å². The van der Waals surface area contributed by atoms with Gasteiger partial charge in [0.05, 0.1) is 0 Å². The van der Waals surface area contributed by atoms with Crippen molar-refractivity contribution < 1.29 is 14.6 Å². The van der Waals surface area contributed by atoms with E-state index in [4.69, 9.17) is 9.47 Å². The van der Waals surface area contributed by atoms with Gasteiger partial charge in [0.2, 0.25) is 0 Å². The highest BCUT2D eigenvalue weighted by Gasteiger charge is 2.09. The first-order valence-electron chi connectivity index (χ1n) is 7.42. The van der Waals surface area contributed by atoms with Gasteiger partial charge in [0.25, 0.3) is 0 Å². The van der Waals surface area contributed by atoms with Crippen molar-refractivity contribution in [1.29, 1.82) is 0 Å². The van der Waals surface area contributed by atoms with E-state index in [2.05, 4.69) is 0 Å². The lowest BCUT2D eigenvalue weighted by atomic mass is 10.2. The van der Waals surface area contributed by atoms with Gasteiger partial charge in [-0.3, -0.25) is 0 Å². The van der Waals surface area contributed by atoms with Crippen molar-refractivity contribution in [1.82, 2.24) is 0 Å². The lowest BCUT2D eigenvalue weighted by Crippen LogP contribution is -1.91. The van der Waals surface area contributed by atoms with Crippen LogP contribution in [0.25, 0.3) is 0 Å². The smallest absolute Gasteiger partial charge is 0.173 e. The average Bonchev–Trinajstić information content (AvgIpc) is 2.50. The lowest BCUT2D eigenvalue weighted by molar-refractivity contribution is 0.410. The number of hydrogen-bond donors (Lipinski definition) is 1. The highest BCUT2D eigenvalue weighted by atomic mass is 16.5. The molecule has 0 bridgehead atoms. The van der Waals surface area contributed by atoms with Gasteiger partial charge in [-0.15, -0.1) is 0 Å². The lowest BCUT2D eigenvalue weighted by Gasteiger charge is -2.13. The van der Waals surface area contributed by atoms with E-state index in [1.54, 1.807) is 18.2 Å². The van der Waals surface area contributed by atoms with E-state index in [0.717, 1.165) is 16.9 Å². The first-order chi connectivity index (χ1) is 11.1.